The minimum absolute atomic E-state index is 0.00200. The summed E-state index contributed by atoms with van der Waals surface area (Å²) in [7, 11) is 0. The predicted octanol–water partition coefficient (Wildman–Crippen LogP) is 1.70. The van der Waals surface area contributed by atoms with Crippen LogP contribution in [0.2, 0.25) is 0 Å². The number of anilines is 1. The Kier molecular flexibility index (Phi) is 4.33. The first-order chi connectivity index (χ1) is 10.0. The molecule has 1 aliphatic rings. The van der Waals surface area contributed by atoms with Crippen LogP contribution in [0.4, 0.5) is 11.5 Å². The van der Waals surface area contributed by atoms with Crippen LogP contribution < -0.4 is 4.90 Å². The largest absolute Gasteiger partial charge is 0.480 e. The molecule has 2 rings (SSSR count). The van der Waals surface area contributed by atoms with Gasteiger partial charge in [-0.15, -0.1) is 0 Å². The molecule has 0 radical (unpaired) electrons. The first-order valence-electron chi connectivity index (χ1n) is 6.56. The average molecular weight is 290 g/mol. The van der Waals surface area contributed by atoms with Crippen molar-refractivity contribution in [2.45, 2.75) is 31.7 Å². The second kappa shape index (κ2) is 6.17. The quantitative estimate of drug-likeness (QED) is 0.647. The van der Waals surface area contributed by atoms with Crippen LogP contribution in [-0.4, -0.2) is 33.6 Å². The molecule has 1 saturated carbocycles. The number of nitro groups is 1. The summed E-state index contributed by atoms with van der Waals surface area (Å²) >= 11 is 0. The molecule has 1 aliphatic carbocycles. The normalized spacial score (nSPS) is 14.6. The molecule has 8 heteroatoms. The van der Waals surface area contributed by atoms with Crippen LogP contribution in [-0.2, 0) is 4.79 Å². The number of hydrogen-bond donors (Lipinski definition) is 1. The van der Waals surface area contributed by atoms with Gasteiger partial charge in [-0.2, -0.15) is 5.26 Å². The molecule has 0 spiro atoms. The summed E-state index contributed by atoms with van der Waals surface area (Å²) in [6.45, 7) is -0.274. The maximum Gasteiger partial charge on any atom is 0.323 e. The molecule has 1 aromatic heterocycles. The van der Waals surface area contributed by atoms with E-state index >= 15 is 0 Å². The van der Waals surface area contributed by atoms with Crippen LogP contribution in [0.5, 0.6) is 0 Å². The number of aromatic nitrogens is 1. The minimum atomic E-state index is -1.02. The smallest absolute Gasteiger partial charge is 0.323 e. The van der Waals surface area contributed by atoms with Gasteiger partial charge in [0.25, 0.3) is 5.69 Å². The van der Waals surface area contributed by atoms with Gasteiger partial charge in [-0.1, -0.05) is 12.8 Å². The second-order valence-electron chi connectivity index (χ2n) is 4.89. The van der Waals surface area contributed by atoms with Gasteiger partial charge in [-0.3, -0.25) is 14.9 Å². The highest BCUT2D eigenvalue weighted by molar-refractivity contribution is 5.74. The lowest BCUT2D eigenvalue weighted by atomic mass is 10.1. The number of aliphatic carboxylic acids is 1. The molecule has 0 unspecified atom stereocenters. The number of nitriles is 1. The molecule has 0 atom stereocenters. The standard InChI is InChI=1S/C13H14N4O4/c14-6-9-5-11(17(20)21)7-15-13(9)16(8-12(18)19)10-3-1-2-4-10/h5,7,10H,1-4,8H2,(H,18,19). The Labute approximate surface area is 120 Å². The molecule has 110 valence electrons. The Morgan fingerprint density at radius 2 is 2.24 bits per heavy atom. The molecule has 1 heterocycles. The van der Waals surface area contributed by atoms with E-state index in [0.717, 1.165) is 37.9 Å². The van der Waals surface area contributed by atoms with Gasteiger partial charge in [0, 0.05) is 12.1 Å². The van der Waals surface area contributed by atoms with Gasteiger partial charge < -0.3 is 10.0 Å². The zero-order valence-corrected chi connectivity index (χ0v) is 11.2. The zero-order chi connectivity index (χ0) is 15.4. The lowest BCUT2D eigenvalue weighted by Crippen LogP contribution is -2.38. The summed E-state index contributed by atoms with van der Waals surface area (Å²) in [4.78, 5) is 26.7. The van der Waals surface area contributed by atoms with E-state index < -0.39 is 10.9 Å². The van der Waals surface area contributed by atoms with Crippen molar-refractivity contribution in [2.24, 2.45) is 0 Å². The van der Waals surface area contributed by atoms with Crippen molar-refractivity contribution in [3.63, 3.8) is 0 Å². The van der Waals surface area contributed by atoms with E-state index in [2.05, 4.69) is 4.98 Å². The summed E-state index contributed by atoms with van der Waals surface area (Å²) in [5, 5.41) is 28.9. The van der Waals surface area contributed by atoms with Gasteiger partial charge in [0.05, 0.1) is 4.92 Å². The lowest BCUT2D eigenvalue weighted by molar-refractivity contribution is -0.385. The van der Waals surface area contributed by atoms with Gasteiger partial charge in [-0.25, -0.2) is 4.98 Å². The van der Waals surface area contributed by atoms with Crippen LogP contribution in [0.1, 0.15) is 31.2 Å². The number of carboxylic acid groups (broad SMARTS) is 1. The van der Waals surface area contributed by atoms with Crippen molar-refractivity contribution in [1.82, 2.24) is 4.98 Å². The fraction of sp³-hybridized carbons (Fsp3) is 0.462. The van der Waals surface area contributed by atoms with Crippen molar-refractivity contribution in [3.8, 4) is 6.07 Å². The fourth-order valence-corrected chi connectivity index (χ4v) is 2.60. The van der Waals surface area contributed by atoms with Crippen molar-refractivity contribution in [3.05, 3.63) is 27.9 Å². The number of carbonyl (C=O) groups is 1. The number of rotatable bonds is 5. The third-order valence-corrected chi connectivity index (χ3v) is 3.53. The molecule has 1 fully saturated rings. The van der Waals surface area contributed by atoms with E-state index in [-0.39, 0.29) is 29.7 Å². The predicted molar refractivity (Wildman–Crippen MR) is 72.8 cm³/mol. The summed E-state index contributed by atoms with van der Waals surface area (Å²) < 4.78 is 0. The minimum Gasteiger partial charge on any atom is -0.480 e. The molecule has 8 nitrogen and oxygen atoms in total. The Morgan fingerprint density at radius 1 is 1.57 bits per heavy atom. The van der Waals surface area contributed by atoms with E-state index in [1.165, 1.54) is 0 Å². The van der Waals surface area contributed by atoms with Gasteiger partial charge in [0.15, 0.2) is 0 Å². The van der Waals surface area contributed by atoms with Crippen molar-refractivity contribution < 1.29 is 14.8 Å². The van der Waals surface area contributed by atoms with E-state index in [4.69, 9.17) is 10.4 Å². The molecule has 0 saturated heterocycles. The third-order valence-electron chi connectivity index (χ3n) is 3.53. The van der Waals surface area contributed by atoms with Gasteiger partial charge in [0.1, 0.15) is 30.2 Å². The monoisotopic (exact) mass is 290 g/mol. The maximum absolute atomic E-state index is 11.1. The Hall–Kier alpha value is -2.69. The van der Waals surface area contributed by atoms with E-state index in [0.29, 0.717) is 0 Å². The molecular weight excluding hydrogens is 276 g/mol. The highest BCUT2D eigenvalue weighted by Gasteiger charge is 2.28. The molecule has 0 aliphatic heterocycles. The highest BCUT2D eigenvalue weighted by Crippen LogP contribution is 2.30. The molecule has 0 amide bonds. The van der Waals surface area contributed by atoms with Crippen LogP contribution >= 0.6 is 0 Å². The molecular formula is C13H14N4O4. The second-order valence-corrected chi connectivity index (χ2v) is 4.89. The lowest BCUT2D eigenvalue weighted by Gasteiger charge is -2.28. The first kappa shape index (κ1) is 14.7. The average Bonchev–Trinajstić information content (AvgIpc) is 2.97. The SMILES string of the molecule is N#Cc1cc([N+](=O)[O-])cnc1N(CC(=O)O)C1CCCC1. The van der Waals surface area contributed by atoms with Crippen molar-refractivity contribution >= 4 is 17.5 Å². The van der Waals surface area contributed by atoms with Crippen LogP contribution in [0, 0.1) is 21.4 Å². The summed E-state index contributed by atoms with van der Waals surface area (Å²) in [6, 6.07) is 3.00. The highest BCUT2D eigenvalue weighted by atomic mass is 16.6. The Bertz CT molecular complexity index is 605. The molecule has 1 aromatic rings. The van der Waals surface area contributed by atoms with Gasteiger partial charge in [-0.05, 0) is 12.8 Å². The van der Waals surface area contributed by atoms with E-state index in [9.17, 15) is 14.9 Å². The first-order valence-corrected chi connectivity index (χ1v) is 6.56. The zero-order valence-electron chi connectivity index (χ0n) is 11.2. The number of carboxylic acids is 1. The van der Waals surface area contributed by atoms with Crippen molar-refractivity contribution in [1.29, 1.82) is 5.26 Å². The summed E-state index contributed by atoms with van der Waals surface area (Å²) in [5.74, 6) is -0.816. The molecule has 0 aromatic carbocycles. The Balaban J connectivity index is 2.41. The molecule has 21 heavy (non-hydrogen) atoms. The van der Waals surface area contributed by atoms with Gasteiger partial charge in [0.2, 0.25) is 0 Å². The number of pyridine rings is 1. The number of hydrogen-bond acceptors (Lipinski definition) is 6. The van der Waals surface area contributed by atoms with Crippen LogP contribution in [0.15, 0.2) is 12.3 Å². The maximum atomic E-state index is 11.1. The van der Waals surface area contributed by atoms with E-state index in [1.54, 1.807) is 4.90 Å². The summed E-state index contributed by atoms with van der Waals surface area (Å²) in [6.07, 6.45) is 4.71. The van der Waals surface area contributed by atoms with Crippen LogP contribution in [0.25, 0.3) is 0 Å². The van der Waals surface area contributed by atoms with Crippen LogP contribution in [0.3, 0.4) is 0 Å². The number of nitrogens with zero attached hydrogens (tertiary/aromatic N) is 4. The fourth-order valence-electron chi connectivity index (χ4n) is 2.60. The third kappa shape index (κ3) is 3.25. The molecule has 1 N–H and O–H groups in total. The van der Waals surface area contributed by atoms with E-state index in [1.807, 2.05) is 6.07 Å². The van der Waals surface area contributed by atoms with Gasteiger partial charge >= 0.3 is 5.97 Å². The molecule has 0 bridgehead atoms. The van der Waals surface area contributed by atoms with Crippen molar-refractivity contribution in [2.75, 3.05) is 11.4 Å². The Morgan fingerprint density at radius 3 is 2.76 bits per heavy atom. The summed E-state index contributed by atoms with van der Waals surface area (Å²) in [5.41, 5.74) is -0.255. The topological polar surface area (TPSA) is 120 Å².